The van der Waals surface area contributed by atoms with Gasteiger partial charge in [0.1, 0.15) is 5.58 Å². The van der Waals surface area contributed by atoms with Crippen LogP contribution in [0.25, 0.3) is 22.1 Å². The lowest BCUT2D eigenvalue weighted by Gasteiger charge is -1.92. The van der Waals surface area contributed by atoms with Crippen LogP contribution in [0.3, 0.4) is 0 Å². The van der Waals surface area contributed by atoms with Gasteiger partial charge in [0.2, 0.25) is 5.71 Å². The third-order valence-corrected chi connectivity index (χ3v) is 2.50. The number of furan rings is 1. The summed E-state index contributed by atoms with van der Waals surface area (Å²) in [5.74, 6) is -0.963. The zero-order valence-electron chi connectivity index (χ0n) is 8.18. The maximum Gasteiger partial charge on any atom is 0.335 e. The fourth-order valence-electron chi connectivity index (χ4n) is 1.74. The van der Waals surface area contributed by atoms with Gasteiger partial charge in [0.15, 0.2) is 0 Å². The van der Waals surface area contributed by atoms with Gasteiger partial charge >= 0.3 is 5.97 Å². The molecule has 2 aromatic heterocycles. The first-order chi connectivity index (χ1) is 7.75. The van der Waals surface area contributed by atoms with Gasteiger partial charge in [-0.05, 0) is 30.3 Å². The number of carbonyl (C=O) groups is 1. The van der Waals surface area contributed by atoms with Crippen LogP contribution in [0.4, 0.5) is 0 Å². The molecule has 0 amide bonds. The largest absolute Gasteiger partial charge is 0.478 e. The van der Waals surface area contributed by atoms with Crippen LogP contribution in [0.5, 0.6) is 0 Å². The van der Waals surface area contributed by atoms with Crippen LogP contribution in [-0.2, 0) is 0 Å². The van der Waals surface area contributed by atoms with Gasteiger partial charge in [-0.1, -0.05) is 0 Å². The minimum absolute atomic E-state index is 0.214. The Labute approximate surface area is 90.1 Å². The molecule has 0 aliphatic carbocycles. The van der Waals surface area contributed by atoms with Crippen LogP contribution >= 0.6 is 0 Å². The summed E-state index contributed by atoms with van der Waals surface area (Å²) in [5.41, 5.74) is 1.29. The van der Waals surface area contributed by atoms with Gasteiger partial charge in [0.25, 0.3) is 0 Å². The monoisotopic (exact) mass is 213 g/mol. The van der Waals surface area contributed by atoms with Crippen molar-refractivity contribution in [1.29, 1.82) is 0 Å². The molecule has 2 heterocycles. The van der Waals surface area contributed by atoms with Crippen LogP contribution < -0.4 is 0 Å². The number of hydrogen-bond donors (Lipinski definition) is 1. The van der Waals surface area contributed by atoms with Crippen LogP contribution in [0.15, 0.2) is 40.9 Å². The van der Waals surface area contributed by atoms with E-state index in [9.17, 15) is 4.79 Å². The minimum atomic E-state index is -0.963. The van der Waals surface area contributed by atoms with E-state index < -0.39 is 5.97 Å². The Hall–Kier alpha value is -2.36. The molecule has 3 rings (SSSR count). The lowest BCUT2D eigenvalue weighted by molar-refractivity contribution is 0.0697. The first-order valence-corrected chi connectivity index (χ1v) is 4.76. The molecule has 78 valence electrons. The van der Waals surface area contributed by atoms with Gasteiger partial charge in [0.05, 0.1) is 5.56 Å². The summed E-state index contributed by atoms with van der Waals surface area (Å²) in [6.45, 7) is 0. The molecule has 0 aliphatic rings. The van der Waals surface area contributed by atoms with Crippen molar-refractivity contribution in [3.8, 4) is 0 Å². The van der Waals surface area contributed by atoms with Crippen molar-refractivity contribution >= 4 is 28.0 Å². The average Bonchev–Trinajstić information content (AvgIpc) is 2.66. The van der Waals surface area contributed by atoms with Crippen molar-refractivity contribution in [2.75, 3.05) is 0 Å². The number of carboxylic acids is 1. The third-order valence-electron chi connectivity index (χ3n) is 2.50. The van der Waals surface area contributed by atoms with Crippen molar-refractivity contribution in [3.05, 3.63) is 42.1 Å². The lowest BCUT2D eigenvalue weighted by Crippen LogP contribution is -1.94. The molecule has 16 heavy (non-hydrogen) atoms. The minimum Gasteiger partial charge on any atom is -0.478 e. The van der Waals surface area contributed by atoms with Gasteiger partial charge < -0.3 is 9.52 Å². The highest BCUT2D eigenvalue weighted by Crippen LogP contribution is 2.27. The molecule has 0 bridgehead atoms. The highest BCUT2D eigenvalue weighted by molar-refractivity contribution is 6.05. The van der Waals surface area contributed by atoms with Gasteiger partial charge in [-0.25, -0.2) is 9.78 Å². The summed E-state index contributed by atoms with van der Waals surface area (Å²) in [4.78, 5) is 14.9. The molecule has 4 heteroatoms. The van der Waals surface area contributed by atoms with Gasteiger partial charge in [-0.3, -0.25) is 0 Å². The van der Waals surface area contributed by atoms with E-state index in [2.05, 4.69) is 4.98 Å². The molecule has 0 atom stereocenters. The first kappa shape index (κ1) is 8.91. The number of hydrogen-bond acceptors (Lipinski definition) is 3. The Bertz CT molecular complexity index is 700. The fourth-order valence-corrected chi connectivity index (χ4v) is 1.74. The Morgan fingerprint density at radius 2 is 2.12 bits per heavy atom. The van der Waals surface area contributed by atoms with Crippen LogP contribution in [0.2, 0.25) is 0 Å². The molecule has 0 fully saturated rings. The summed E-state index contributed by atoms with van der Waals surface area (Å²) in [6.07, 6.45) is 1.64. The number of rotatable bonds is 1. The summed E-state index contributed by atoms with van der Waals surface area (Å²) in [6, 6.07) is 8.54. The van der Waals surface area contributed by atoms with Crippen molar-refractivity contribution in [1.82, 2.24) is 4.98 Å². The Kier molecular flexibility index (Phi) is 1.71. The maximum atomic E-state index is 10.8. The summed E-state index contributed by atoms with van der Waals surface area (Å²) in [5, 5.41) is 10.6. The Morgan fingerprint density at radius 3 is 2.94 bits per heavy atom. The number of aromatic carboxylic acids is 1. The lowest BCUT2D eigenvalue weighted by atomic mass is 10.1. The smallest absolute Gasteiger partial charge is 0.335 e. The predicted octanol–water partition coefficient (Wildman–Crippen LogP) is 2.68. The van der Waals surface area contributed by atoms with Gasteiger partial charge in [0, 0.05) is 17.0 Å². The zero-order chi connectivity index (χ0) is 11.1. The Balaban J connectivity index is 2.41. The van der Waals surface area contributed by atoms with Crippen molar-refractivity contribution in [2.45, 2.75) is 0 Å². The molecule has 3 aromatic rings. The normalized spacial score (nSPS) is 11.0. The second-order valence-corrected chi connectivity index (χ2v) is 3.47. The van der Waals surface area contributed by atoms with Gasteiger partial charge in [-0.15, -0.1) is 0 Å². The summed E-state index contributed by atoms with van der Waals surface area (Å²) < 4.78 is 5.47. The summed E-state index contributed by atoms with van der Waals surface area (Å²) >= 11 is 0. The second kappa shape index (κ2) is 3.06. The standard InChI is InChI=1S/C12H7NO3/c14-12(15)7-3-4-8-9-2-1-5-13-11(9)16-10(8)6-7/h1-6H,(H,14,15). The number of benzene rings is 1. The quantitative estimate of drug-likeness (QED) is 0.675. The number of pyridine rings is 1. The van der Waals surface area contributed by atoms with E-state index in [1.165, 1.54) is 6.07 Å². The van der Waals surface area contributed by atoms with Crippen LogP contribution in [-0.4, -0.2) is 16.1 Å². The highest BCUT2D eigenvalue weighted by Gasteiger charge is 2.10. The maximum absolute atomic E-state index is 10.8. The molecule has 0 aliphatic heterocycles. The SMILES string of the molecule is O=C(O)c1ccc2c(c1)oc1ncccc12. The molecule has 0 spiro atoms. The zero-order valence-corrected chi connectivity index (χ0v) is 8.18. The molecule has 0 saturated carbocycles. The first-order valence-electron chi connectivity index (χ1n) is 4.76. The van der Waals surface area contributed by atoms with E-state index >= 15 is 0 Å². The molecule has 1 N–H and O–H groups in total. The molecule has 0 radical (unpaired) electrons. The fraction of sp³-hybridized carbons (Fsp3) is 0. The number of carboxylic acid groups (broad SMARTS) is 1. The average molecular weight is 213 g/mol. The van der Waals surface area contributed by atoms with Crippen molar-refractivity contribution in [2.24, 2.45) is 0 Å². The number of aromatic nitrogens is 1. The topological polar surface area (TPSA) is 63.3 Å². The van der Waals surface area contributed by atoms with E-state index in [-0.39, 0.29) is 5.56 Å². The molecule has 0 saturated heterocycles. The van der Waals surface area contributed by atoms with E-state index in [0.717, 1.165) is 10.8 Å². The van der Waals surface area contributed by atoms with Crippen molar-refractivity contribution in [3.63, 3.8) is 0 Å². The molecular formula is C12H7NO3. The molecule has 1 aromatic carbocycles. The highest BCUT2D eigenvalue weighted by atomic mass is 16.4. The summed E-state index contributed by atoms with van der Waals surface area (Å²) in [7, 11) is 0. The molecule has 4 nitrogen and oxygen atoms in total. The molecule has 0 unspecified atom stereocenters. The Morgan fingerprint density at radius 1 is 1.25 bits per heavy atom. The molecular weight excluding hydrogens is 206 g/mol. The van der Waals surface area contributed by atoms with Crippen LogP contribution in [0.1, 0.15) is 10.4 Å². The van der Waals surface area contributed by atoms with E-state index in [1.807, 2.05) is 12.1 Å². The second-order valence-electron chi connectivity index (χ2n) is 3.47. The van der Waals surface area contributed by atoms with Crippen molar-refractivity contribution < 1.29 is 14.3 Å². The predicted molar refractivity (Wildman–Crippen MR) is 58.5 cm³/mol. The van der Waals surface area contributed by atoms with E-state index in [0.29, 0.717) is 11.3 Å². The van der Waals surface area contributed by atoms with Crippen LogP contribution in [0, 0.1) is 0 Å². The van der Waals surface area contributed by atoms with E-state index in [1.54, 1.807) is 18.3 Å². The third kappa shape index (κ3) is 1.16. The number of fused-ring (bicyclic) bond motifs is 3. The number of nitrogens with zero attached hydrogens (tertiary/aromatic N) is 1. The van der Waals surface area contributed by atoms with Gasteiger partial charge in [-0.2, -0.15) is 0 Å². The van der Waals surface area contributed by atoms with E-state index in [4.69, 9.17) is 9.52 Å².